The fraction of sp³-hybridized carbons (Fsp3) is 0.321. The van der Waals surface area contributed by atoms with Crippen molar-refractivity contribution in [1.82, 2.24) is 4.98 Å². The molecule has 2 aromatic carbocycles. The van der Waals surface area contributed by atoms with Gasteiger partial charge in [0.25, 0.3) is 5.91 Å². The molecule has 0 radical (unpaired) electrons. The Balaban J connectivity index is 1.84. The third-order valence-corrected chi connectivity index (χ3v) is 7.59. The number of aryl methyl sites for hydroxylation is 3. The molecule has 0 spiro atoms. The van der Waals surface area contributed by atoms with Gasteiger partial charge in [-0.2, -0.15) is 0 Å². The number of hydrogen-bond acceptors (Lipinski definition) is 6. The summed E-state index contributed by atoms with van der Waals surface area (Å²) in [5, 5.41) is 11.8. The lowest BCUT2D eigenvalue weighted by Crippen LogP contribution is -2.31. The minimum Gasteiger partial charge on any atom is -0.503 e. The number of aromatic nitrogens is 1. The Hall–Kier alpha value is -3.45. The Morgan fingerprint density at radius 3 is 2.17 bits per heavy atom. The van der Waals surface area contributed by atoms with E-state index in [0.717, 1.165) is 41.3 Å². The van der Waals surface area contributed by atoms with Gasteiger partial charge in [0.15, 0.2) is 5.76 Å². The minimum absolute atomic E-state index is 0.0944. The van der Waals surface area contributed by atoms with E-state index in [9.17, 15) is 14.7 Å². The molecule has 0 fully saturated rings. The van der Waals surface area contributed by atoms with Crippen molar-refractivity contribution in [3.63, 3.8) is 0 Å². The number of anilines is 2. The molecule has 0 saturated carbocycles. The van der Waals surface area contributed by atoms with Gasteiger partial charge in [-0.25, -0.2) is 4.98 Å². The number of nitrogens with zero attached hydrogens (tertiary/aromatic N) is 3. The van der Waals surface area contributed by atoms with E-state index in [0.29, 0.717) is 16.3 Å². The highest BCUT2D eigenvalue weighted by Crippen LogP contribution is 2.43. The number of hydrogen-bond donors (Lipinski definition) is 1. The Morgan fingerprint density at radius 2 is 1.66 bits per heavy atom. The lowest BCUT2D eigenvalue weighted by molar-refractivity contribution is -0.117. The Kier molecular flexibility index (Phi) is 7.08. The van der Waals surface area contributed by atoms with Gasteiger partial charge >= 0.3 is 0 Å². The van der Waals surface area contributed by atoms with Gasteiger partial charge in [0, 0.05) is 24.5 Å². The number of aliphatic hydroxyl groups is 1. The second-order valence-electron chi connectivity index (χ2n) is 8.60. The zero-order chi connectivity index (χ0) is 25.3. The molecule has 1 amide bonds. The van der Waals surface area contributed by atoms with Gasteiger partial charge < -0.3 is 10.0 Å². The standard InChI is InChI=1S/C28H31N3O3S/c1-6-19-9-13-22(14-10-19)31-24(20-11-15-21(16-12-20)30(7-2)8-3)23(26(33)28(31)34)25(32)27-17(4)29-18(5)35-27/h9-16,24,33H,6-8H2,1-5H3. The van der Waals surface area contributed by atoms with Gasteiger partial charge in [0.1, 0.15) is 0 Å². The molecule has 2 heterocycles. The second-order valence-corrected chi connectivity index (χ2v) is 9.80. The summed E-state index contributed by atoms with van der Waals surface area (Å²) in [6, 6.07) is 14.8. The predicted octanol–water partition coefficient (Wildman–Crippen LogP) is 5.95. The molecule has 35 heavy (non-hydrogen) atoms. The highest BCUT2D eigenvalue weighted by atomic mass is 32.1. The maximum Gasteiger partial charge on any atom is 0.294 e. The maximum atomic E-state index is 13.7. The molecule has 3 aromatic rings. The number of carbonyl (C=O) groups excluding carboxylic acids is 2. The predicted molar refractivity (Wildman–Crippen MR) is 142 cm³/mol. The minimum atomic E-state index is -0.741. The van der Waals surface area contributed by atoms with Crippen molar-refractivity contribution in [1.29, 1.82) is 0 Å². The van der Waals surface area contributed by atoms with Crippen LogP contribution in [0.1, 0.15) is 58.3 Å². The first kappa shape index (κ1) is 24.7. The molecule has 1 atom stereocenters. The smallest absolute Gasteiger partial charge is 0.294 e. The van der Waals surface area contributed by atoms with E-state index in [4.69, 9.17) is 0 Å². The van der Waals surface area contributed by atoms with Crippen LogP contribution in [0, 0.1) is 13.8 Å². The van der Waals surface area contributed by atoms with Crippen molar-refractivity contribution in [3.05, 3.63) is 86.6 Å². The molecule has 1 unspecified atom stereocenters. The summed E-state index contributed by atoms with van der Waals surface area (Å²) >= 11 is 1.28. The third-order valence-electron chi connectivity index (χ3n) is 6.52. The zero-order valence-corrected chi connectivity index (χ0v) is 21.6. The number of amides is 1. The number of aliphatic hydroxyl groups excluding tert-OH is 1. The highest BCUT2D eigenvalue weighted by Gasteiger charge is 2.45. The molecule has 4 rings (SSSR count). The van der Waals surface area contributed by atoms with Crippen molar-refractivity contribution < 1.29 is 14.7 Å². The van der Waals surface area contributed by atoms with Crippen LogP contribution >= 0.6 is 11.3 Å². The number of Topliss-reactive ketones (excluding diaryl/α,β-unsaturated/α-hetero) is 1. The molecular weight excluding hydrogens is 458 g/mol. The van der Waals surface area contributed by atoms with E-state index in [1.54, 1.807) is 6.92 Å². The fourth-order valence-corrected chi connectivity index (χ4v) is 5.51. The monoisotopic (exact) mass is 489 g/mol. The first-order chi connectivity index (χ1) is 16.8. The average molecular weight is 490 g/mol. The van der Waals surface area contributed by atoms with E-state index >= 15 is 0 Å². The first-order valence-electron chi connectivity index (χ1n) is 12.0. The summed E-state index contributed by atoms with van der Waals surface area (Å²) in [6.45, 7) is 11.6. The Morgan fingerprint density at radius 1 is 1.03 bits per heavy atom. The van der Waals surface area contributed by atoms with Crippen LogP contribution in [-0.2, 0) is 11.2 Å². The van der Waals surface area contributed by atoms with E-state index in [2.05, 4.69) is 30.7 Å². The van der Waals surface area contributed by atoms with Crippen LogP contribution in [-0.4, -0.2) is 34.9 Å². The molecule has 1 aliphatic rings. The van der Waals surface area contributed by atoms with Crippen LogP contribution in [0.15, 0.2) is 59.9 Å². The van der Waals surface area contributed by atoms with Crippen molar-refractivity contribution in [3.8, 4) is 0 Å². The summed E-state index contributed by atoms with van der Waals surface area (Å²) in [7, 11) is 0. The van der Waals surface area contributed by atoms with Gasteiger partial charge in [-0.3, -0.25) is 14.5 Å². The molecule has 182 valence electrons. The van der Waals surface area contributed by atoms with Crippen molar-refractivity contribution in [2.75, 3.05) is 22.9 Å². The van der Waals surface area contributed by atoms with Crippen molar-refractivity contribution in [2.24, 2.45) is 0 Å². The fourth-order valence-electron chi connectivity index (χ4n) is 4.63. The van der Waals surface area contributed by atoms with Crippen LogP contribution in [0.3, 0.4) is 0 Å². The zero-order valence-electron chi connectivity index (χ0n) is 20.8. The summed E-state index contributed by atoms with van der Waals surface area (Å²) in [6.07, 6.45) is 0.877. The van der Waals surface area contributed by atoms with E-state index in [1.807, 2.05) is 55.5 Å². The second kappa shape index (κ2) is 10.0. The summed E-state index contributed by atoms with van der Waals surface area (Å²) < 4.78 is 0. The number of rotatable bonds is 8. The molecular formula is C28H31N3O3S. The number of benzene rings is 2. The van der Waals surface area contributed by atoms with Crippen molar-refractivity contribution >= 4 is 34.4 Å². The lowest BCUT2D eigenvalue weighted by Gasteiger charge is -2.28. The number of ketones is 1. The van der Waals surface area contributed by atoms with Gasteiger partial charge in [-0.05, 0) is 69.5 Å². The summed E-state index contributed by atoms with van der Waals surface area (Å²) in [5.74, 6) is -1.43. The first-order valence-corrected chi connectivity index (χ1v) is 12.8. The topological polar surface area (TPSA) is 73.7 Å². The molecule has 0 saturated heterocycles. The Labute approximate surface area is 210 Å². The molecule has 0 bridgehead atoms. The van der Waals surface area contributed by atoms with Crippen LogP contribution in [0.2, 0.25) is 0 Å². The SMILES string of the molecule is CCc1ccc(N2C(=O)C(O)=C(C(=O)c3sc(C)nc3C)C2c2ccc(N(CC)CC)cc2)cc1. The van der Waals surface area contributed by atoms with Gasteiger partial charge in [-0.15, -0.1) is 11.3 Å². The molecule has 6 nitrogen and oxygen atoms in total. The molecule has 1 aromatic heterocycles. The lowest BCUT2D eigenvalue weighted by atomic mass is 9.94. The van der Waals surface area contributed by atoms with E-state index < -0.39 is 17.7 Å². The average Bonchev–Trinajstić information content (AvgIpc) is 3.35. The molecule has 1 N–H and O–H groups in total. The van der Waals surface area contributed by atoms with Crippen LogP contribution in [0.4, 0.5) is 11.4 Å². The highest BCUT2D eigenvalue weighted by molar-refractivity contribution is 7.14. The van der Waals surface area contributed by atoms with Gasteiger partial charge in [0.2, 0.25) is 5.78 Å². The summed E-state index contributed by atoms with van der Waals surface area (Å²) in [5.41, 5.74) is 4.31. The Bertz CT molecular complexity index is 1270. The quantitative estimate of drug-likeness (QED) is 0.396. The number of carbonyl (C=O) groups is 2. The third kappa shape index (κ3) is 4.48. The van der Waals surface area contributed by atoms with Crippen LogP contribution in [0.25, 0.3) is 0 Å². The largest absolute Gasteiger partial charge is 0.503 e. The van der Waals surface area contributed by atoms with Gasteiger partial charge in [0.05, 0.1) is 27.2 Å². The van der Waals surface area contributed by atoms with Crippen LogP contribution < -0.4 is 9.80 Å². The molecule has 0 aliphatic carbocycles. The normalized spacial score (nSPS) is 15.7. The summed E-state index contributed by atoms with van der Waals surface area (Å²) in [4.78, 5) is 35.7. The maximum absolute atomic E-state index is 13.7. The van der Waals surface area contributed by atoms with Crippen molar-refractivity contribution in [2.45, 2.75) is 47.1 Å². The number of thiazole rings is 1. The molecule has 1 aliphatic heterocycles. The van der Waals surface area contributed by atoms with Crippen LogP contribution in [0.5, 0.6) is 0 Å². The van der Waals surface area contributed by atoms with E-state index in [1.165, 1.54) is 16.2 Å². The van der Waals surface area contributed by atoms with E-state index in [-0.39, 0.29) is 11.4 Å². The van der Waals surface area contributed by atoms with Gasteiger partial charge in [-0.1, -0.05) is 31.2 Å². The molecule has 7 heteroatoms.